The number of piperidine rings is 1. The third kappa shape index (κ3) is 4.05. The van der Waals surface area contributed by atoms with E-state index in [0.717, 1.165) is 0 Å². The molecule has 1 rings (SSSR count). The van der Waals surface area contributed by atoms with Crippen LogP contribution >= 0.6 is 0 Å². The highest BCUT2D eigenvalue weighted by Gasteiger charge is 2.30. The molecule has 0 aromatic carbocycles. The van der Waals surface area contributed by atoms with E-state index in [0.29, 0.717) is 6.42 Å². The summed E-state index contributed by atoms with van der Waals surface area (Å²) in [5, 5.41) is 18.8. The molecule has 0 saturated carbocycles. The molecule has 0 spiro atoms. The molecule has 1 fully saturated rings. The summed E-state index contributed by atoms with van der Waals surface area (Å²) in [6.45, 7) is 5.79. The van der Waals surface area contributed by atoms with Gasteiger partial charge in [0.15, 0.2) is 0 Å². The minimum absolute atomic E-state index is 0.228. The molecule has 0 aromatic rings. The molecule has 0 aliphatic carbocycles. The summed E-state index contributed by atoms with van der Waals surface area (Å²) in [4.78, 5) is 12.9. The zero-order valence-corrected chi connectivity index (χ0v) is 9.43. The molecule has 1 amide bonds. The second-order valence-corrected chi connectivity index (χ2v) is 4.93. The highest BCUT2D eigenvalue weighted by atomic mass is 16.6. The molecule has 5 heteroatoms. The number of β-amino-alcohol motifs (C(OH)–C–C–N with tert-alkyl or cyclic N) is 2. The number of ether oxygens (including phenoxy) is 1. The summed E-state index contributed by atoms with van der Waals surface area (Å²) in [6.07, 6.45) is -1.50. The average molecular weight is 217 g/mol. The van der Waals surface area contributed by atoms with Crippen molar-refractivity contribution in [2.24, 2.45) is 0 Å². The molecule has 2 atom stereocenters. The van der Waals surface area contributed by atoms with Gasteiger partial charge in [-0.3, -0.25) is 0 Å². The smallest absolute Gasteiger partial charge is 0.410 e. The second-order valence-electron chi connectivity index (χ2n) is 4.93. The Hall–Kier alpha value is -0.810. The number of nitrogens with zero attached hydrogens (tertiary/aromatic N) is 1. The predicted octanol–water partition coefficient (Wildman–Crippen LogP) is 0.349. The van der Waals surface area contributed by atoms with Crippen molar-refractivity contribution in [2.75, 3.05) is 13.1 Å². The van der Waals surface area contributed by atoms with Crippen LogP contribution in [0.4, 0.5) is 4.79 Å². The average Bonchev–Trinajstić information content (AvgIpc) is 1.98. The number of hydrogen-bond acceptors (Lipinski definition) is 4. The Morgan fingerprint density at radius 3 is 2.13 bits per heavy atom. The quantitative estimate of drug-likeness (QED) is 0.614. The molecule has 1 aliphatic heterocycles. The minimum Gasteiger partial charge on any atom is -0.444 e. The fraction of sp³-hybridized carbons (Fsp3) is 0.900. The highest BCUT2D eigenvalue weighted by molar-refractivity contribution is 5.68. The molecule has 1 saturated heterocycles. The van der Waals surface area contributed by atoms with Crippen LogP contribution in [0.5, 0.6) is 0 Å². The van der Waals surface area contributed by atoms with Gasteiger partial charge in [-0.15, -0.1) is 0 Å². The van der Waals surface area contributed by atoms with E-state index in [1.807, 2.05) is 0 Å². The fourth-order valence-electron chi connectivity index (χ4n) is 1.52. The predicted molar refractivity (Wildman–Crippen MR) is 54.4 cm³/mol. The van der Waals surface area contributed by atoms with E-state index in [1.165, 1.54) is 4.90 Å². The number of rotatable bonds is 0. The van der Waals surface area contributed by atoms with Crippen molar-refractivity contribution in [3.05, 3.63) is 0 Å². The van der Waals surface area contributed by atoms with Crippen molar-refractivity contribution < 1.29 is 19.7 Å². The molecule has 88 valence electrons. The van der Waals surface area contributed by atoms with Crippen LogP contribution < -0.4 is 0 Å². The molecule has 0 aromatic heterocycles. The molecule has 2 N–H and O–H groups in total. The van der Waals surface area contributed by atoms with Gasteiger partial charge in [0.25, 0.3) is 0 Å². The van der Waals surface area contributed by atoms with Gasteiger partial charge >= 0.3 is 6.09 Å². The first-order valence-electron chi connectivity index (χ1n) is 5.12. The van der Waals surface area contributed by atoms with E-state index in [-0.39, 0.29) is 13.1 Å². The Morgan fingerprint density at radius 1 is 1.27 bits per heavy atom. The van der Waals surface area contributed by atoms with E-state index >= 15 is 0 Å². The van der Waals surface area contributed by atoms with Gasteiger partial charge in [-0.1, -0.05) is 0 Å². The Morgan fingerprint density at radius 2 is 1.73 bits per heavy atom. The van der Waals surface area contributed by atoms with Gasteiger partial charge in [0, 0.05) is 6.42 Å². The van der Waals surface area contributed by atoms with Crippen molar-refractivity contribution in [3.8, 4) is 0 Å². The summed E-state index contributed by atoms with van der Waals surface area (Å²) in [5.74, 6) is 0. The van der Waals surface area contributed by atoms with E-state index in [9.17, 15) is 15.0 Å². The monoisotopic (exact) mass is 217 g/mol. The first kappa shape index (κ1) is 12.3. The van der Waals surface area contributed by atoms with Gasteiger partial charge in [0.2, 0.25) is 0 Å². The normalized spacial score (nSPS) is 27.7. The molecule has 0 unspecified atom stereocenters. The second kappa shape index (κ2) is 4.37. The summed E-state index contributed by atoms with van der Waals surface area (Å²) in [7, 11) is 0. The van der Waals surface area contributed by atoms with Crippen molar-refractivity contribution in [1.29, 1.82) is 0 Å². The maximum atomic E-state index is 11.6. The summed E-state index contributed by atoms with van der Waals surface area (Å²) in [6, 6.07) is 0. The van der Waals surface area contributed by atoms with Crippen molar-refractivity contribution in [3.63, 3.8) is 0 Å². The fourth-order valence-corrected chi connectivity index (χ4v) is 1.52. The number of hydrogen-bond donors (Lipinski definition) is 2. The van der Waals surface area contributed by atoms with Gasteiger partial charge in [-0.25, -0.2) is 4.79 Å². The molecular formula is C10H19NO4. The van der Waals surface area contributed by atoms with Crippen LogP contribution in [0.2, 0.25) is 0 Å². The lowest BCUT2D eigenvalue weighted by Crippen LogP contribution is -2.49. The van der Waals surface area contributed by atoms with Gasteiger partial charge in [-0.05, 0) is 20.8 Å². The minimum atomic E-state index is -0.665. The Labute approximate surface area is 89.6 Å². The molecule has 15 heavy (non-hydrogen) atoms. The third-order valence-electron chi connectivity index (χ3n) is 2.06. The standard InChI is InChI=1S/C10H19NO4/c1-10(2,3)15-9(14)11-5-7(12)4-8(13)6-11/h7-8,12-13H,4-6H2,1-3H3/t7-,8-/m1/s1. The highest BCUT2D eigenvalue weighted by Crippen LogP contribution is 2.15. The summed E-state index contributed by atoms with van der Waals surface area (Å²) < 4.78 is 5.14. The number of aliphatic hydroxyl groups excluding tert-OH is 2. The van der Waals surface area contributed by atoms with Crippen LogP contribution in [0.3, 0.4) is 0 Å². The van der Waals surface area contributed by atoms with Crippen LogP contribution in [-0.2, 0) is 4.74 Å². The first-order valence-corrected chi connectivity index (χ1v) is 5.12. The lowest BCUT2D eigenvalue weighted by molar-refractivity contribution is -0.0294. The van der Waals surface area contributed by atoms with Crippen LogP contribution in [0.15, 0.2) is 0 Å². The van der Waals surface area contributed by atoms with Gasteiger partial charge in [0.1, 0.15) is 5.60 Å². The SMILES string of the molecule is CC(C)(C)OC(=O)N1C[C@H](O)C[C@@H](O)C1. The summed E-state index contributed by atoms with van der Waals surface area (Å²) in [5.41, 5.74) is -0.551. The maximum absolute atomic E-state index is 11.6. The number of likely N-dealkylation sites (tertiary alicyclic amines) is 1. The van der Waals surface area contributed by atoms with Crippen molar-refractivity contribution >= 4 is 6.09 Å². The van der Waals surface area contributed by atoms with Gasteiger partial charge in [0.05, 0.1) is 25.3 Å². The Balaban J connectivity index is 2.52. The molecule has 0 radical (unpaired) electrons. The van der Waals surface area contributed by atoms with E-state index in [2.05, 4.69) is 0 Å². The number of carbonyl (C=O) groups is 1. The number of aliphatic hydroxyl groups is 2. The van der Waals surface area contributed by atoms with Crippen LogP contribution in [0.25, 0.3) is 0 Å². The topological polar surface area (TPSA) is 70.0 Å². The molecule has 0 bridgehead atoms. The third-order valence-corrected chi connectivity index (χ3v) is 2.06. The zero-order valence-electron chi connectivity index (χ0n) is 9.43. The van der Waals surface area contributed by atoms with Gasteiger partial charge in [-0.2, -0.15) is 0 Å². The lowest BCUT2D eigenvalue weighted by Gasteiger charge is -2.34. The number of amides is 1. The van der Waals surface area contributed by atoms with E-state index in [4.69, 9.17) is 4.74 Å². The maximum Gasteiger partial charge on any atom is 0.410 e. The largest absolute Gasteiger partial charge is 0.444 e. The molecular weight excluding hydrogens is 198 g/mol. The zero-order chi connectivity index (χ0) is 11.6. The summed E-state index contributed by atoms with van der Waals surface area (Å²) >= 11 is 0. The lowest BCUT2D eigenvalue weighted by atomic mass is 10.1. The Kier molecular flexibility index (Phi) is 3.57. The van der Waals surface area contributed by atoms with E-state index < -0.39 is 23.9 Å². The Bertz CT molecular complexity index is 226. The van der Waals surface area contributed by atoms with E-state index in [1.54, 1.807) is 20.8 Å². The van der Waals surface area contributed by atoms with Crippen molar-refractivity contribution in [1.82, 2.24) is 4.90 Å². The number of carbonyl (C=O) groups excluding carboxylic acids is 1. The van der Waals surface area contributed by atoms with Crippen LogP contribution in [0, 0.1) is 0 Å². The first-order chi connectivity index (χ1) is 6.78. The molecule has 1 heterocycles. The molecule has 5 nitrogen and oxygen atoms in total. The van der Waals surface area contributed by atoms with Gasteiger partial charge < -0.3 is 19.8 Å². The van der Waals surface area contributed by atoms with Crippen LogP contribution in [0.1, 0.15) is 27.2 Å². The van der Waals surface area contributed by atoms with Crippen LogP contribution in [-0.4, -0.2) is 52.1 Å². The molecule has 1 aliphatic rings. The van der Waals surface area contributed by atoms with Crippen molar-refractivity contribution in [2.45, 2.75) is 45.0 Å².